The number of carbonyl (C=O) groups excluding carboxylic acids is 1. The number of likely N-dealkylation sites (tertiary alicyclic amines) is 1. The summed E-state index contributed by atoms with van der Waals surface area (Å²) in [4.78, 5) is 13.9. The van der Waals surface area contributed by atoms with Gasteiger partial charge in [0.1, 0.15) is 0 Å². The average molecular weight is 348 g/mol. The van der Waals surface area contributed by atoms with Crippen molar-refractivity contribution in [2.75, 3.05) is 13.1 Å². The molecule has 144 valence electrons. The Labute approximate surface area is 156 Å². The Balaban J connectivity index is 1.86. The largest absolute Gasteiger partial charge is 0.339 e. The van der Waals surface area contributed by atoms with Gasteiger partial charge >= 0.3 is 0 Å². The first-order valence-electron chi connectivity index (χ1n) is 11.0. The summed E-state index contributed by atoms with van der Waals surface area (Å²) in [5.41, 5.74) is 0. The van der Waals surface area contributed by atoms with Crippen molar-refractivity contribution < 1.29 is 4.79 Å². The van der Waals surface area contributed by atoms with E-state index in [0.717, 1.165) is 32.4 Å². The van der Waals surface area contributed by atoms with Crippen LogP contribution in [0.5, 0.6) is 0 Å². The Morgan fingerprint density at radius 1 is 0.760 bits per heavy atom. The highest BCUT2D eigenvalue weighted by Crippen LogP contribution is 2.12. The number of hydrogen-bond donors (Lipinski definition) is 0. The highest BCUT2D eigenvalue weighted by Gasteiger charge is 2.12. The summed E-state index contributed by atoms with van der Waals surface area (Å²) in [6, 6.07) is 0. The summed E-state index contributed by atoms with van der Waals surface area (Å²) in [5, 5.41) is 0. The fourth-order valence-electron chi connectivity index (χ4n) is 3.46. The Kier molecular flexibility index (Phi) is 14.4. The fourth-order valence-corrected chi connectivity index (χ4v) is 3.46. The number of amides is 1. The Morgan fingerprint density at radius 2 is 1.32 bits per heavy atom. The lowest BCUT2D eigenvalue weighted by Gasteiger charge is -2.25. The number of rotatable bonds is 14. The molecule has 1 rings (SSSR count). The molecule has 0 spiro atoms. The topological polar surface area (TPSA) is 20.3 Å². The second-order valence-electron chi connectivity index (χ2n) is 7.50. The SMILES string of the molecule is CCCCCCCCCCCCC/C=C/C=C/C(=O)N1CCCCC1. The van der Waals surface area contributed by atoms with Gasteiger partial charge in [-0.15, -0.1) is 0 Å². The van der Waals surface area contributed by atoms with Gasteiger partial charge in [-0.25, -0.2) is 0 Å². The van der Waals surface area contributed by atoms with E-state index in [2.05, 4.69) is 13.0 Å². The Bertz CT molecular complexity index is 366. The smallest absolute Gasteiger partial charge is 0.246 e. The molecular weight excluding hydrogens is 306 g/mol. The molecular formula is C23H41NO. The van der Waals surface area contributed by atoms with E-state index < -0.39 is 0 Å². The number of carbonyl (C=O) groups is 1. The maximum Gasteiger partial charge on any atom is 0.246 e. The van der Waals surface area contributed by atoms with Crippen molar-refractivity contribution in [3.05, 3.63) is 24.3 Å². The third-order valence-electron chi connectivity index (χ3n) is 5.13. The van der Waals surface area contributed by atoms with Crippen molar-refractivity contribution in [2.45, 2.75) is 103 Å². The number of piperidine rings is 1. The Hall–Kier alpha value is -1.05. The van der Waals surface area contributed by atoms with Crippen molar-refractivity contribution in [1.82, 2.24) is 4.90 Å². The van der Waals surface area contributed by atoms with Crippen LogP contribution >= 0.6 is 0 Å². The molecule has 0 aromatic heterocycles. The molecule has 1 aliphatic heterocycles. The molecule has 1 saturated heterocycles. The third-order valence-corrected chi connectivity index (χ3v) is 5.13. The van der Waals surface area contributed by atoms with Crippen LogP contribution in [-0.2, 0) is 4.79 Å². The standard InChI is InChI=1S/C23H41NO/c1-2-3-4-5-6-7-8-9-10-11-12-13-14-15-17-20-23(25)24-21-18-16-19-22-24/h14-15,17,20H,2-13,16,18-19,21-22H2,1H3/b15-14+,20-17+. The second kappa shape index (κ2) is 16.4. The minimum atomic E-state index is 0.180. The van der Waals surface area contributed by atoms with Crippen molar-refractivity contribution in [3.8, 4) is 0 Å². The lowest BCUT2D eigenvalue weighted by atomic mass is 10.1. The van der Waals surface area contributed by atoms with E-state index in [4.69, 9.17) is 0 Å². The normalized spacial score (nSPS) is 15.5. The van der Waals surface area contributed by atoms with Crippen LogP contribution < -0.4 is 0 Å². The molecule has 0 bridgehead atoms. The summed E-state index contributed by atoms with van der Waals surface area (Å²) < 4.78 is 0. The second-order valence-corrected chi connectivity index (χ2v) is 7.50. The van der Waals surface area contributed by atoms with Gasteiger partial charge in [0.05, 0.1) is 0 Å². The molecule has 2 nitrogen and oxygen atoms in total. The minimum Gasteiger partial charge on any atom is -0.339 e. The third kappa shape index (κ3) is 12.9. The summed E-state index contributed by atoms with van der Waals surface area (Å²) in [7, 11) is 0. The van der Waals surface area contributed by atoms with Crippen molar-refractivity contribution in [2.24, 2.45) is 0 Å². The first-order chi connectivity index (χ1) is 12.3. The molecule has 1 heterocycles. The molecule has 0 aliphatic carbocycles. The van der Waals surface area contributed by atoms with Gasteiger partial charge < -0.3 is 4.90 Å². The summed E-state index contributed by atoms with van der Waals surface area (Å²) in [5.74, 6) is 0.180. The van der Waals surface area contributed by atoms with Crippen LogP contribution in [0.2, 0.25) is 0 Å². The number of hydrogen-bond acceptors (Lipinski definition) is 1. The lowest BCUT2D eigenvalue weighted by Crippen LogP contribution is -2.34. The van der Waals surface area contributed by atoms with E-state index in [-0.39, 0.29) is 5.91 Å². The van der Waals surface area contributed by atoms with E-state index >= 15 is 0 Å². The van der Waals surface area contributed by atoms with Crippen LogP contribution in [0.25, 0.3) is 0 Å². The zero-order chi connectivity index (χ0) is 18.0. The first-order valence-corrected chi connectivity index (χ1v) is 11.0. The van der Waals surface area contributed by atoms with Crippen molar-refractivity contribution in [1.29, 1.82) is 0 Å². The van der Waals surface area contributed by atoms with Crippen LogP contribution in [0.15, 0.2) is 24.3 Å². The van der Waals surface area contributed by atoms with E-state index in [9.17, 15) is 4.79 Å². The predicted octanol–water partition coefficient (Wildman–Crippen LogP) is 6.81. The highest BCUT2D eigenvalue weighted by atomic mass is 16.2. The molecule has 1 aliphatic rings. The minimum absolute atomic E-state index is 0.180. The molecule has 1 fully saturated rings. The first kappa shape index (κ1) is 22.0. The van der Waals surface area contributed by atoms with Gasteiger partial charge in [0, 0.05) is 19.2 Å². The van der Waals surface area contributed by atoms with E-state index in [1.165, 1.54) is 77.0 Å². The maximum atomic E-state index is 11.9. The number of unbranched alkanes of at least 4 members (excludes halogenated alkanes) is 11. The van der Waals surface area contributed by atoms with E-state index in [0.29, 0.717) is 0 Å². The molecule has 1 amide bonds. The quantitative estimate of drug-likeness (QED) is 0.192. The molecule has 0 unspecified atom stereocenters. The van der Waals surface area contributed by atoms with Crippen LogP contribution in [0, 0.1) is 0 Å². The van der Waals surface area contributed by atoms with Gasteiger partial charge in [-0.1, -0.05) is 89.4 Å². The Morgan fingerprint density at radius 3 is 1.92 bits per heavy atom. The molecule has 0 atom stereocenters. The molecule has 2 heteroatoms. The van der Waals surface area contributed by atoms with Gasteiger partial charge in [0.25, 0.3) is 0 Å². The van der Waals surface area contributed by atoms with Crippen molar-refractivity contribution in [3.63, 3.8) is 0 Å². The summed E-state index contributed by atoms with van der Waals surface area (Å²) in [6.45, 7) is 4.15. The maximum absolute atomic E-state index is 11.9. The highest BCUT2D eigenvalue weighted by molar-refractivity contribution is 5.87. The molecule has 0 aromatic rings. The van der Waals surface area contributed by atoms with Crippen LogP contribution in [0.3, 0.4) is 0 Å². The van der Waals surface area contributed by atoms with Crippen LogP contribution in [-0.4, -0.2) is 23.9 Å². The van der Waals surface area contributed by atoms with Gasteiger partial charge in [-0.3, -0.25) is 4.79 Å². The van der Waals surface area contributed by atoms with E-state index in [1.807, 2.05) is 17.1 Å². The lowest BCUT2D eigenvalue weighted by molar-refractivity contribution is -0.126. The molecule has 0 saturated carbocycles. The molecule has 0 aromatic carbocycles. The average Bonchev–Trinajstić information content (AvgIpc) is 2.65. The fraction of sp³-hybridized carbons (Fsp3) is 0.783. The predicted molar refractivity (Wildman–Crippen MR) is 110 cm³/mol. The number of nitrogens with zero attached hydrogens (tertiary/aromatic N) is 1. The summed E-state index contributed by atoms with van der Waals surface area (Å²) >= 11 is 0. The molecule has 0 radical (unpaired) electrons. The molecule has 25 heavy (non-hydrogen) atoms. The van der Waals surface area contributed by atoms with Gasteiger partial charge in [-0.2, -0.15) is 0 Å². The molecule has 0 N–H and O–H groups in total. The summed E-state index contributed by atoms with van der Waals surface area (Å²) in [6.07, 6.45) is 27.9. The zero-order valence-corrected chi connectivity index (χ0v) is 16.7. The number of allylic oxidation sites excluding steroid dienone is 3. The van der Waals surface area contributed by atoms with Gasteiger partial charge in [-0.05, 0) is 32.1 Å². The van der Waals surface area contributed by atoms with Gasteiger partial charge in [0.15, 0.2) is 0 Å². The van der Waals surface area contributed by atoms with Crippen LogP contribution in [0.1, 0.15) is 103 Å². The zero-order valence-electron chi connectivity index (χ0n) is 16.7. The van der Waals surface area contributed by atoms with Gasteiger partial charge in [0.2, 0.25) is 5.91 Å². The van der Waals surface area contributed by atoms with Crippen LogP contribution in [0.4, 0.5) is 0 Å². The van der Waals surface area contributed by atoms with E-state index in [1.54, 1.807) is 6.08 Å². The monoisotopic (exact) mass is 347 g/mol. The van der Waals surface area contributed by atoms with Crippen molar-refractivity contribution >= 4 is 5.91 Å².